The molecule has 0 bridgehead atoms. The van der Waals surface area contributed by atoms with Crippen molar-refractivity contribution < 1.29 is 14.3 Å². The molecule has 2 aromatic rings. The van der Waals surface area contributed by atoms with Gasteiger partial charge in [-0.25, -0.2) is 0 Å². The van der Waals surface area contributed by atoms with Crippen molar-refractivity contribution in [1.29, 1.82) is 0 Å². The largest absolute Gasteiger partial charge is 0.382 e. The first-order valence-electron chi connectivity index (χ1n) is 8.73. The summed E-state index contributed by atoms with van der Waals surface area (Å²) in [4.78, 5) is 29.0. The predicted octanol–water partition coefficient (Wildman–Crippen LogP) is 0.906. The molecule has 0 aliphatic carbocycles. The average Bonchev–Trinajstić information content (AvgIpc) is 3.37. The lowest BCUT2D eigenvalue weighted by molar-refractivity contribution is -0.138. The molecule has 0 unspecified atom stereocenters. The van der Waals surface area contributed by atoms with Crippen molar-refractivity contribution in [3.8, 4) is 0 Å². The maximum absolute atomic E-state index is 12.9. The Morgan fingerprint density at radius 1 is 1.35 bits per heavy atom. The standard InChI is InChI=1S/C18H19N5O3/c19-15-8-12(20-21-15)17(25)22-7-6-18-14(22)9-16(24)23(18)10-13(26-18)11-4-2-1-3-5-11/h1-5,8,13-14H,6-7,9-10H2,(H3,19,20,21)/t13-,14-,18+/m1/s1. The smallest absolute Gasteiger partial charge is 0.272 e. The molecule has 1 aromatic carbocycles. The van der Waals surface area contributed by atoms with Crippen LogP contribution in [0.5, 0.6) is 0 Å². The van der Waals surface area contributed by atoms with E-state index in [-0.39, 0.29) is 36.2 Å². The zero-order valence-electron chi connectivity index (χ0n) is 14.1. The highest BCUT2D eigenvalue weighted by molar-refractivity contribution is 5.94. The first-order chi connectivity index (χ1) is 12.6. The molecule has 3 N–H and O–H groups in total. The van der Waals surface area contributed by atoms with Crippen LogP contribution in [0.15, 0.2) is 36.4 Å². The van der Waals surface area contributed by atoms with Gasteiger partial charge in [-0.2, -0.15) is 5.10 Å². The van der Waals surface area contributed by atoms with Crippen LogP contribution >= 0.6 is 0 Å². The van der Waals surface area contributed by atoms with E-state index in [1.54, 1.807) is 4.90 Å². The molecule has 3 fully saturated rings. The Balaban J connectivity index is 1.45. The van der Waals surface area contributed by atoms with Crippen LogP contribution in [-0.2, 0) is 9.53 Å². The fourth-order valence-electron chi connectivity index (χ4n) is 4.51. The number of ether oxygens (including phenoxy) is 1. The highest BCUT2D eigenvalue weighted by Gasteiger charge is 2.65. The van der Waals surface area contributed by atoms with Crippen molar-refractivity contribution in [2.24, 2.45) is 0 Å². The van der Waals surface area contributed by atoms with Crippen LogP contribution < -0.4 is 5.73 Å². The van der Waals surface area contributed by atoms with E-state index in [0.29, 0.717) is 25.2 Å². The number of carbonyl (C=O) groups excluding carboxylic acids is 2. The number of rotatable bonds is 2. The van der Waals surface area contributed by atoms with Crippen molar-refractivity contribution >= 4 is 17.6 Å². The Morgan fingerprint density at radius 2 is 2.15 bits per heavy atom. The van der Waals surface area contributed by atoms with Gasteiger partial charge in [-0.15, -0.1) is 0 Å². The molecule has 5 rings (SSSR count). The van der Waals surface area contributed by atoms with Gasteiger partial charge in [-0.1, -0.05) is 30.3 Å². The highest BCUT2D eigenvalue weighted by Crippen LogP contribution is 2.50. The van der Waals surface area contributed by atoms with Crippen molar-refractivity contribution in [2.45, 2.75) is 30.7 Å². The molecule has 1 spiro atoms. The first kappa shape index (κ1) is 15.4. The van der Waals surface area contributed by atoms with Gasteiger partial charge < -0.3 is 20.3 Å². The number of carbonyl (C=O) groups is 2. The summed E-state index contributed by atoms with van der Waals surface area (Å²) in [6.45, 7) is 1.06. The Kier molecular flexibility index (Phi) is 3.14. The Morgan fingerprint density at radius 3 is 2.88 bits per heavy atom. The topological polar surface area (TPSA) is 105 Å². The number of aromatic nitrogens is 2. The number of nitrogen functional groups attached to an aromatic ring is 1. The van der Waals surface area contributed by atoms with Gasteiger partial charge >= 0.3 is 0 Å². The number of benzene rings is 1. The lowest BCUT2D eigenvalue weighted by Gasteiger charge is -2.31. The third-order valence-corrected chi connectivity index (χ3v) is 5.69. The molecule has 1 aromatic heterocycles. The predicted molar refractivity (Wildman–Crippen MR) is 91.8 cm³/mol. The molecule has 3 atom stereocenters. The molecule has 2 amide bonds. The van der Waals surface area contributed by atoms with Crippen LogP contribution in [0, 0.1) is 0 Å². The second-order valence-electron chi connectivity index (χ2n) is 7.04. The molecule has 3 aliphatic rings. The number of nitrogens with one attached hydrogen (secondary N) is 1. The van der Waals surface area contributed by atoms with Crippen molar-refractivity contribution in [3.05, 3.63) is 47.7 Å². The molecule has 26 heavy (non-hydrogen) atoms. The number of nitrogens with two attached hydrogens (primary N) is 1. The summed E-state index contributed by atoms with van der Waals surface area (Å²) in [6, 6.07) is 11.1. The summed E-state index contributed by atoms with van der Waals surface area (Å²) < 4.78 is 6.44. The Labute approximate surface area is 149 Å². The minimum atomic E-state index is -0.723. The van der Waals surface area contributed by atoms with Crippen LogP contribution in [0.25, 0.3) is 0 Å². The van der Waals surface area contributed by atoms with E-state index in [1.807, 2.05) is 35.2 Å². The molecule has 4 heterocycles. The molecule has 0 saturated carbocycles. The van der Waals surface area contributed by atoms with E-state index in [2.05, 4.69) is 10.2 Å². The molecule has 134 valence electrons. The minimum absolute atomic E-state index is 0.0371. The number of anilines is 1. The second kappa shape index (κ2) is 5.31. The van der Waals surface area contributed by atoms with Gasteiger partial charge in [0.05, 0.1) is 19.0 Å². The van der Waals surface area contributed by atoms with Crippen LogP contribution in [0.1, 0.15) is 35.0 Å². The van der Waals surface area contributed by atoms with E-state index < -0.39 is 5.72 Å². The Bertz CT molecular complexity index is 882. The van der Waals surface area contributed by atoms with Gasteiger partial charge in [0.2, 0.25) is 5.91 Å². The second-order valence-corrected chi connectivity index (χ2v) is 7.04. The SMILES string of the molecule is Nc1cc(C(=O)N2CC[C@@]34O[C@@H](c5ccccc5)CN3C(=O)C[C@@H]24)[nH]n1. The van der Waals surface area contributed by atoms with Crippen LogP contribution in [0.4, 0.5) is 5.82 Å². The fourth-order valence-corrected chi connectivity index (χ4v) is 4.51. The molecule has 8 nitrogen and oxygen atoms in total. The first-order valence-corrected chi connectivity index (χ1v) is 8.73. The number of aromatic amines is 1. The number of H-pyrrole nitrogens is 1. The summed E-state index contributed by atoms with van der Waals surface area (Å²) in [5.74, 6) is 0.111. The summed E-state index contributed by atoms with van der Waals surface area (Å²) in [5.41, 5.74) is 6.27. The van der Waals surface area contributed by atoms with Gasteiger partial charge in [-0.3, -0.25) is 14.7 Å². The summed E-state index contributed by atoms with van der Waals surface area (Å²) in [6.07, 6.45) is 0.736. The molecular weight excluding hydrogens is 334 g/mol. The van der Waals surface area contributed by atoms with Gasteiger partial charge in [0.15, 0.2) is 5.72 Å². The average molecular weight is 353 g/mol. The molecule has 3 aliphatic heterocycles. The monoisotopic (exact) mass is 353 g/mol. The maximum Gasteiger partial charge on any atom is 0.272 e. The maximum atomic E-state index is 12.9. The Hall–Kier alpha value is -2.87. The third kappa shape index (κ3) is 2.02. The quantitative estimate of drug-likeness (QED) is 0.835. The summed E-state index contributed by atoms with van der Waals surface area (Å²) in [7, 11) is 0. The molecule has 3 saturated heterocycles. The molecular formula is C18H19N5O3. The highest BCUT2D eigenvalue weighted by atomic mass is 16.5. The van der Waals surface area contributed by atoms with Crippen molar-refractivity contribution in [3.63, 3.8) is 0 Å². The molecule has 0 radical (unpaired) electrons. The third-order valence-electron chi connectivity index (χ3n) is 5.69. The van der Waals surface area contributed by atoms with Gasteiger partial charge in [0.25, 0.3) is 5.91 Å². The van der Waals surface area contributed by atoms with Gasteiger partial charge in [0.1, 0.15) is 17.6 Å². The van der Waals surface area contributed by atoms with Crippen LogP contribution in [0.3, 0.4) is 0 Å². The number of likely N-dealkylation sites (tertiary alicyclic amines) is 1. The van der Waals surface area contributed by atoms with Gasteiger partial charge in [0, 0.05) is 19.0 Å². The van der Waals surface area contributed by atoms with E-state index in [1.165, 1.54) is 6.07 Å². The van der Waals surface area contributed by atoms with Crippen LogP contribution in [0.2, 0.25) is 0 Å². The van der Waals surface area contributed by atoms with E-state index in [0.717, 1.165) is 5.56 Å². The van der Waals surface area contributed by atoms with Crippen molar-refractivity contribution in [1.82, 2.24) is 20.0 Å². The minimum Gasteiger partial charge on any atom is -0.382 e. The number of amides is 2. The number of hydrogen-bond acceptors (Lipinski definition) is 5. The van der Waals surface area contributed by atoms with E-state index >= 15 is 0 Å². The lowest BCUT2D eigenvalue weighted by Crippen LogP contribution is -2.48. The number of hydrogen-bond donors (Lipinski definition) is 2. The summed E-state index contributed by atoms with van der Waals surface area (Å²) in [5, 5.41) is 6.48. The molecule has 8 heteroatoms. The summed E-state index contributed by atoms with van der Waals surface area (Å²) >= 11 is 0. The van der Waals surface area contributed by atoms with E-state index in [4.69, 9.17) is 10.5 Å². The van der Waals surface area contributed by atoms with Gasteiger partial charge in [-0.05, 0) is 5.56 Å². The van der Waals surface area contributed by atoms with E-state index in [9.17, 15) is 9.59 Å². The van der Waals surface area contributed by atoms with Crippen LogP contribution in [-0.4, -0.2) is 56.7 Å². The fraction of sp³-hybridized carbons (Fsp3) is 0.389. The zero-order chi connectivity index (χ0) is 17.9. The normalized spacial score (nSPS) is 29.9. The lowest BCUT2D eigenvalue weighted by atomic mass is 10.1. The van der Waals surface area contributed by atoms with Crippen molar-refractivity contribution in [2.75, 3.05) is 18.8 Å². The number of nitrogens with zero attached hydrogens (tertiary/aromatic N) is 3. The zero-order valence-corrected chi connectivity index (χ0v) is 14.1.